The molecule has 1 aromatic rings. The van der Waals surface area contributed by atoms with Crippen LogP contribution in [0.1, 0.15) is 32.8 Å². The van der Waals surface area contributed by atoms with Crippen LogP contribution in [0.3, 0.4) is 0 Å². The van der Waals surface area contributed by atoms with Crippen molar-refractivity contribution in [3.63, 3.8) is 0 Å². The zero-order chi connectivity index (χ0) is 13.2. The van der Waals surface area contributed by atoms with E-state index >= 15 is 0 Å². The van der Waals surface area contributed by atoms with Gasteiger partial charge in [0.25, 0.3) is 0 Å². The van der Waals surface area contributed by atoms with E-state index in [-0.39, 0.29) is 12.0 Å². The van der Waals surface area contributed by atoms with E-state index in [2.05, 4.69) is 19.2 Å². The van der Waals surface area contributed by atoms with Gasteiger partial charge >= 0.3 is 0 Å². The summed E-state index contributed by atoms with van der Waals surface area (Å²) >= 11 is 0. The smallest absolute Gasteiger partial charge is 0.0681 e. The summed E-state index contributed by atoms with van der Waals surface area (Å²) in [5.41, 5.74) is 2.23. The fourth-order valence-electron chi connectivity index (χ4n) is 2.52. The number of rotatable bonds is 5. The maximum atomic E-state index is 9.01. The Morgan fingerprint density at radius 3 is 2.50 bits per heavy atom. The van der Waals surface area contributed by atoms with E-state index < -0.39 is 0 Å². The lowest BCUT2D eigenvalue weighted by atomic mass is 9.64. The second-order valence-electron chi connectivity index (χ2n) is 5.55. The standard InChI is InChI=1S/C15H23NO2/c1-4-18-14-9-13(15(14,2)3)16-12-7-5-11(10-17)6-8-12/h5-8,13-14,16-17H,4,9-10H2,1-3H3. The molecule has 0 amide bonds. The average Bonchev–Trinajstić information content (AvgIpc) is 2.38. The van der Waals surface area contributed by atoms with Crippen LogP contribution in [-0.4, -0.2) is 23.9 Å². The molecule has 0 radical (unpaired) electrons. The monoisotopic (exact) mass is 249 g/mol. The van der Waals surface area contributed by atoms with Crippen molar-refractivity contribution in [2.75, 3.05) is 11.9 Å². The first-order valence-corrected chi connectivity index (χ1v) is 6.66. The lowest BCUT2D eigenvalue weighted by Gasteiger charge is -2.52. The molecular weight excluding hydrogens is 226 g/mol. The van der Waals surface area contributed by atoms with Gasteiger partial charge in [0.1, 0.15) is 0 Å². The number of benzene rings is 1. The first kappa shape index (κ1) is 13.4. The van der Waals surface area contributed by atoms with Crippen molar-refractivity contribution in [1.82, 2.24) is 0 Å². The Morgan fingerprint density at radius 2 is 2.00 bits per heavy atom. The Hall–Kier alpha value is -1.06. The van der Waals surface area contributed by atoms with Crippen molar-refractivity contribution in [3.05, 3.63) is 29.8 Å². The first-order valence-electron chi connectivity index (χ1n) is 6.66. The predicted octanol–water partition coefficient (Wildman–Crippen LogP) is 2.79. The zero-order valence-electron chi connectivity index (χ0n) is 11.4. The molecule has 0 bridgehead atoms. The van der Waals surface area contributed by atoms with E-state index in [1.807, 2.05) is 31.2 Å². The molecule has 3 heteroatoms. The van der Waals surface area contributed by atoms with Crippen molar-refractivity contribution < 1.29 is 9.84 Å². The van der Waals surface area contributed by atoms with Gasteiger partial charge in [-0.3, -0.25) is 0 Å². The number of hydrogen-bond acceptors (Lipinski definition) is 3. The SMILES string of the molecule is CCOC1CC(Nc2ccc(CO)cc2)C1(C)C. The molecule has 2 unspecified atom stereocenters. The van der Waals surface area contributed by atoms with E-state index in [1.165, 1.54) is 0 Å². The summed E-state index contributed by atoms with van der Waals surface area (Å²) in [6.45, 7) is 7.42. The summed E-state index contributed by atoms with van der Waals surface area (Å²) < 4.78 is 5.72. The fourth-order valence-corrected chi connectivity index (χ4v) is 2.52. The molecule has 3 nitrogen and oxygen atoms in total. The quantitative estimate of drug-likeness (QED) is 0.843. The Balaban J connectivity index is 1.94. The zero-order valence-corrected chi connectivity index (χ0v) is 11.4. The third-order valence-corrected chi connectivity index (χ3v) is 4.02. The van der Waals surface area contributed by atoms with Crippen LogP contribution in [-0.2, 0) is 11.3 Å². The van der Waals surface area contributed by atoms with Crippen molar-refractivity contribution >= 4 is 5.69 Å². The summed E-state index contributed by atoms with van der Waals surface area (Å²) in [6, 6.07) is 8.40. The van der Waals surface area contributed by atoms with E-state index in [9.17, 15) is 0 Å². The molecule has 1 aliphatic rings. The Labute approximate surface area is 109 Å². The van der Waals surface area contributed by atoms with Gasteiger partial charge in [0.05, 0.1) is 12.7 Å². The summed E-state index contributed by atoms with van der Waals surface area (Å²) in [5.74, 6) is 0. The third-order valence-electron chi connectivity index (χ3n) is 4.02. The van der Waals surface area contributed by atoms with Gasteiger partial charge in [0, 0.05) is 23.8 Å². The van der Waals surface area contributed by atoms with Crippen molar-refractivity contribution in [2.45, 2.75) is 45.9 Å². The minimum Gasteiger partial charge on any atom is -0.392 e. The molecule has 1 fully saturated rings. The van der Waals surface area contributed by atoms with Gasteiger partial charge in [-0.15, -0.1) is 0 Å². The van der Waals surface area contributed by atoms with Gasteiger partial charge in [0.15, 0.2) is 0 Å². The third kappa shape index (κ3) is 2.52. The van der Waals surface area contributed by atoms with Crippen LogP contribution in [0.2, 0.25) is 0 Å². The molecule has 0 spiro atoms. The Morgan fingerprint density at radius 1 is 1.33 bits per heavy atom. The van der Waals surface area contributed by atoms with Gasteiger partial charge in [-0.1, -0.05) is 26.0 Å². The average molecular weight is 249 g/mol. The van der Waals surface area contributed by atoms with Crippen LogP contribution in [0, 0.1) is 5.41 Å². The molecule has 1 saturated carbocycles. The molecule has 18 heavy (non-hydrogen) atoms. The summed E-state index contributed by atoms with van der Waals surface area (Å²) in [6.07, 6.45) is 1.42. The first-order chi connectivity index (χ1) is 8.57. The molecule has 1 aromatic carbocycles. The normalized spacial score (nSPS) is 25.6. The van der Waals surface area contributed by atoms with E-state index in [1.54, 1.807) is 0 Å². The molecule has 0 saturated heterocycles. The highest BCUT2D eigenvalue weighted by molar-refractivity contribution is 5.46. The largest absolute Gasteiger partial charge is 0.392 e. The molecule has 0 aliphatic heterocycles. The number of ether oxygens (including phenoxy) is 1. The lowest BCUT2D eigenvalue weighted by Crippen LogP contribution is -2.58. The van der Waals surface area contributed by atoms with Crippen molar-refractivity contribution in [2.24, 2.45) is 5.41 Å². The summed E-state index contributed by atoms with van der Waals surface area (Å²) in [7, 11) is 0. The number of anilines is 1. The van der Waals surface area contributed by atoms with Gasteiger partial charge < -0.3 is 15.2 Å². The van der Waals surface area contributed by atoms with Gasteiger partial charge in [-0.05, 0) is 31.0 Å². The highest BCUT2D eigenvalue weighted by atomic mass is 16.5. The summed E-state index contributed by atoms with van der Waals surface area (Å²) in [4.78, 5) is 0. The predicted molar refractivity (Wildman–Crippen MR) is 73.6 cm³/mol. The Kier molecular flexibility index (Phi) is 3.93. The molecule has 2 N–H and O–H groups in total. The highest BCUT2D eigenvalue weighted by Crippen LogP contribution is 2.44. The van der Waals surface area contributed by atoms with Crippen molar-refractivity contribution in [1.29, 1.82) is 0 Å². The maximum Gasteiger partial charge on any atom is 0.0681 e. The van der Waals surface area contributed by atoms with E-state index in [0.29, 0.717) is 12.1 Å². The molecule has 0 heterocycles. The Bertz CT molecular complexity index is 386. The number of aliphatic hydroxyl groups excluding tert-OH is 1. The maximum absolute atomic E-state index is 9.01. The van der Waals surface area contributed by atoms with Crippen LogP contribution >= 0.6 is 0 Å². The van der Waals surface area contributed by atoms with Gasteiger partial charge in [-0.25, -0.2) is 0 Å². The van der Waals surface area contributed by atoms with Crippen LogP contribution in [0.15, 0.2) is 24.3 Å². The second-order valence-corrected chi connectivity index (χ2v) is 5.55. The minimum absolute atomic E-state index is 0.0988. The van der Waals surface area contributed by atoms with Crippen LogP contribution in [0.4, 0.5) is 5.69 Å². The second kappa shape index (κ2) is 5.29. The lowest BCUT2D eigenvalue weighted by molar-refractivity contribution is -0.0975. The highest BCUT2D eigenvalue weighted by Gasteiger charge is 2.48. The van der Waals surface area contributed by atoms with Crippen LogP contribution < -0.4 is 5.32 Å². The van der Waals surface area contributed by atoms with Crippen molar-refractivity contribution in [3.8, 4) is 0 Å². The molecule has 0 aromatic heterocycles. The molecule has 100 valence electrons. The van der Waals surface area contributed by atoms with E-state index in [0.717, 1.165) is 24.3 Å². The molecule has 1 aliphatic carbocycles. The molecule has 2 atom stereocenters. The number of hydrogen-bond donors (Lipinski definition) is 2. The number of nitrogens with one attached hydrogen (secondary N) is 1. The topological polar surface area (TPSA) is 41.5 Å². The number of aliphatic hydroxyl groups is 1. The van der Waals surface area contributed by atoms with Gasteiger partial charge in [0.2, 0.25) is 0 Å². The fraction of sp³-hybridized carbons (Fsp3) is 0.600. The van der Waals surface area contributed by atoms with Gasteiger partial charge in [-0.2, -0.15) is 0 Å². The van der Waals surface area contributed by atoms with Crippen LogP contribution in [0.5, 0.6) is 0 Å². The van der Waals surface area contributed by atoms with Crippen LogP contribution in [0.25, 0.3) is 0 Å². The summed E-state index contributed by atoms with van der Waals surface area (Å²) in [5, 5.41) is 12.6. The van der Waals surface area contributed by atoms with E-state index in [4.69, 9.17) is 9.84 Å². The molecular formula is C15H23NO2. The molecule has 2 rings (SSSR count). The minimum atomic E-state index is 0.0988.